The Morgan fingerprint density at radius 1 is 1.27 bits per heavy atom. The summed E-state index contributed by atoms with van der Waals surface area (Å²) < 4.78 is 11.4. The van der Waals surface area contributed by atoms with E-state index < -0.39 is 5.60 Å². The van der Waals surface area contributed by atoms with Crippen LogP contribution in [0.2, 0.25) is 0 Å². The van der Waals surface area contributed by atoms with Crippen LogP contribution in [-0.4, -0.2) is 23.9 Å². The fraction of sp³-hybridized carbons (Fsp3) is 0.579. The summed E-state index contributed by atoms with van der Waals surface area (Å²) in [6.45, 7) is 3.79. The van der Waals surface area contributed by atoms with Crippen LogP contribution in [0, 0.1) is 11.8 Å². The molecule has 3 nitrogen and oxygen atoms in total. The highest BCUT2D eigenvalue weighted by Crippen LogP contribution is 2.32. The highest BCUT2D eigenvalue weighted by Gasteiger charge is 2.19. The van der Waals surface area contributed by atoms with Gasteiger partial charge in [0.2, 0.25) is 0 Å². The van der Waals surface area contributed by atoms with Crippen LogP contribution < -0.4 is 9.47 Å². The summed E-state index contributed by atoms with van der Waals surface area (Å²) in [5, 5.41) is 10.1. The summed E-state index contributed by atoms with van der Waals surface area (Å²) in [5.74, 6) is 7.48. The van der Waals surface area contributed by atoms with Gasteiger partial charge in [0.05, 0.1) is 13.2 Å². The summed E-state index contributed by atoms with van der Waals surface area (Å²) in [5.41, 5.74) is -0.105. The van der Waals surface area contributed by atoms with Crippen molar-refractivity contribution in [2.24, 2.45) is 0 Å². The second kappa shape index (κ2) is 7.56. The first-order valence-electron chi connectivity index (χ1n) is 8.14. The molecule has 0 spiro atoms. The summed E-state index contributed by atoms with van der Waals surface area (Å²) in [6.07, 6.45) is 6.51. The van der Waals surface area contributed by atoms with Gasteiger partial charge in [0.1, 0.15) is 5.60 Å². The molecule has 1 unspecified atom stereocenters. The van der Waals surface area contributed by atoms with E-state index >= 15 is 0 Å². The number of methoxy groups -OCH3 is 1. The monoisotopic (exact) mass is 302 g/mol. The Balaban J connectivity index is 2.17. The maximum absolute atomic E-state index is 10.1. The Labute approximate surface area is 133 Å². The first-order chi connectivity index (χ1) is 10.5. The Hall–Kier alpha value is -1.66. The molecular formula is C19H26O3. The Morgan fingerprint density at radius 3 is 2.64 bits per heavy atom. The van der Waals surface area contributed by atoms with E-state index in [1.54, 1.807) is 14.0 Å². The lowest BCUT2D eigenvalue weighted by Crippen LogP contribution is -2.20. The quantitative estimate of drug-likeness (QED) is 0.838. The lowest BCUT2D eigenvalue weighted by Gasteiger charge is -2.16. The van der Waals surface area contributed by atoms with Gasteiger partial charge in [0.25, 0.3) is 0 Å². The Bertz CT molecular complexity index is 546. The Kier molecular flexibility index (Phi) is 5.74. The molecule has 0 saturated heterocycles. The van der Waals surface area contributed by atoms with E-state index in [9.17, 15) is 5.11 Å². The van der Waals surface area contributed by atoms with Crippen molar-refractivity contribution < 1.29 is 14.6 Å². The zero-order valence-corrected chi connectivity index (χ0v) is 13.8. The third-order valence-electron chi connectivity index (χ3n) is 3.97. The van der Waals surface area contributed by atoms with E-state index in [2.05, 4.69) is 11.8 Å². The average molecular weight is 302 g/mol. The number of ether oxygens (including phenoxy) is 2. The van der Waals surface area contributed by atoms with Crippen LogP contribution in [0.3, 0.4) is 0 Å². The second-order valence-corrected chi connectivity index (χ2v) is 6.16. The van der Waals surface area contributed by atoms with Gasteiger partial charge in [-0.25, -0.2) is 0 Å². The molecule has 1 aromatic rings. The largest absolute Gasteiger partial charge is 0.493 e. The predicted octanol–water partition coefficient (Wildman–Crippen LogP) is 3.92. The highest BCUT2D eigenvalue weighted by molar-refractivity contribution is 5.49. The van der Waals surface area contributed by atoms with Gasteiger partial charge < -0.3 is 14.6 Å². The maximum Gasteiger partial charge on any atom is 0.162 e. The van der Waals surface area contributed by atoms with Gasteiger partial charge in [-0.1, -0.05) is 25.2 Å². The van der Waals surface area contributed by atoms with Crippen molar-refractivity contribution in [3.8, 4) is 23.3 Å². The Morgan fingerprint density at radius 2 is 2.00 bits per heavy atom. The molecule has 0 aliphatic heterocycles. The molecule has 1 aromatic carbocycles. The molecule has 0 radical (unpaired) electrons. The molecular weight excluding hydrogens is 276 g/mol. The minimum atomic E-state index is -0.943. The van der Waals surface area contributed by atoms with Gasteiger partial charge in [0, 0.05) is 5.56 Å². The fourth-order valence-corrected chi connectivity index (χ4v) is 2.79. The summed E-state index contributed by atoms with van der Waals surface area (Å²) in [6, 6.07) is 5.68. The topological polar surface area (TPSA) is 38.7 Å². The molecule has 2 rings (SSSR count). The van der Waals surface area contributed by atoms with Crippen molar-refractivity contribution in [2.75, 3.05) is 7.11 Å². The SMILES string of the molecule is CCCC(C)(O)C#Cc1ccc(OC)c(OC2CCCC2)c1. The smallest absolute Gasteiger partial charge is 0.162 e. The van der Waals surface area contributed by atoms with Gasteiger partial charge in [-0.2, -0.15) is 0 Å². The predicted molar refractivity (Wildman–Crippen MR) is 88.3 cm³/mol. The van der Waals surface area contributed by atoms with E-state index in [1.165, 1.54) is 12.8 Å². The van der Waals surface area contributed by atoms with Gasteiger partial charge in [-0.3, -0.25) is 0 Å². The third kappa shape index (κ3) is 4.68. The first kappa shape index (κ1) is 16.7. The number of aliphatic hydroxyl groups is 1. The van der Waals surface area contributed by atoms with Crippen LogP contribution in [0.4, 0.5) is 0 Å². The van der Waals surface area contributed by atoms with Crippen molar-refractivity contribution in [1.82, 2.24) is 0 Å². The standard InChI is InChI=1S/C19H26O3/c1-4-12-19(2,20)13-11-15-9-10-17(21-3)18(14-15)22-16-7-5-6-8-16/h9-10,14,16,20H,4-8,12H2,1-3H3. The summed E-state index contributed by atoms with van der Waals surface area (Å²) in [4.78, 5) is 0. The van der Waals surface area contributed by atoms with Crippen molar-refractivity contribution in [3.63, 3.8) is 0 Å². The second-order valence-electron chi connectivity index (χ2n) is 6.16. The van der Waals surface area contributed by atoms with E-state index in [0.29, 0.717) is 6.42 Å². The molecule has 0 aromatic heterocycles. The number of benzene rings is 1. The van der Waals surface area contributed by atoms with Gasteiger partial charge in [-0.15, -0.1) is 0 Å². The van der Waals surface area contributed by atoms with Crippen molar-refractivity contribution in [2.45, 2.75) is 64.1 Å². The molecule has 22 heavy (non-hydrogen) atoms. The molecule has 1 aliphatic carbocycles. The average Bonchev–Trinajstić information content (AvgIpc) is 2.98. The highest BCUT2D eigenvalue weighted by atomic mass is 16.5. The van der Waals surface area contributed by atoms with Crippen LogP contribution in [0.1, 0.15) is 57.9 Å². The van der Waals surface area contributed by atoms with E-state index in [0.717, 1.165) is 36.3 Å². The summed E-state index contributed by atoms with van der Waals surface area (Å²) in [7, 11) is 1.65. The minimum absolute atomic E-state index is 0.278. The number of hydrogen-bond donors (Lipinski definition) is 1. The molecule has 3 heteroatoms. The molecule has 0 heterocycles. The van der Waals surface area contributed by atoms with Crippen LogP contribution in [0.15, 0.2) is 18.2 Å². The van der Waals surface area contributed by atoms with Gasteiger partial charge in [-0.05, 0) is 57.2 Å². The molecule has 120 valence electrons. The van der Waals surface area contributed by atoms with Gasteiger partial charge >= 0.3 is 0 Å². The third-order valence-corrected chi connectivity index (χ3v) is 3.97. The van der Waals surface area contributed by atoms with Crippen molar-refractivity contribution in [1.29, 1.82) is 0 Å². The zero-order valence-electron chi connectivity index (χ0n) is 13.8. The normalized spacial score (nSPS) is 17.5. The van der Waals surface area contributed by atoms with Crippen LogP contribution in [0.25, 0.3) is 0 Å². The van der Waals surface area contributed by atoms with E-state index in [4.69, 9.17) is 9.47 Å². The molecule has 1 saturated carbocycles. The fourth-order valence-electron chi connectivity index (χ4n) is 2.79. The summed E-state index contributed by atoms with van der Waals surface area (Å²) >= 11 is 0. The molecule has 1 atom stereocenters. The van der Waals surface area contributed by atoms with Crippen molar-refractivity contribution >= 4 is 0 Å². The minimum Gasteiger partial charge on any atom is -0.493 e. The van der Waals surface area contributed by atoms with Crippen LogP contribution in [-0.2, 0) is 0 Å². The molecule has 1 aliphatic rings. The maximum atomic E-state index is 10.1. The van der Waals surface area contributed by atoms with Crippen LogP contribution in [0.5, 0.6) is 11.5 Å². The molecule has 1 N–H and O–H groups in total. The van der Waals surface area contributed by atoms with E-state index in [-0.39, 0.29) is 6.10 Å². The number of rotatable bonds is 5. The van der Waals surface area contributed by atoms with E-state index in [1.807, 2.05) is 25.1 Å². The lowest BCUT2D eigenvalue weighted by molar-refractivity contribution is 0.111. The first-order valence-corrected chi connectivity index (χ1v) is 8.14. The van der Waals surface area contributed by atoms with Crippen LogP contribution >= 0.6 is 0 Å². The molecule has 0 amide bonds. The van der Waals surface area contributed by atoms with Crippen molar-refractivity contribution in [3.05, 3.63) is 23.8 Å². The lowest BCUT2D eigenvalue weighted by atomic mass is 10.0. The van der Waals surface area contributed by atoms with Gasteiger partial charge in [0.15, 0.2) is 11.5 Å². The zero-order chi connectivity index (χ0) is 16.0. The molecule has 1 fully saturated rings. The number of hydrogen-bond acceptors (Lipinski definition) is 3. The molecule has 0 bridgehead atoms.